The molecule has 1 aliphatic heterocycles. The Kier molecular flexibility index (Phi) is 5.77. The van der Waals surface area contributed by atoms with Crippen molar-refractivity contribution in [2.24, 2.45) is 0 Å². The highest BCUT2D eigenvalue weighted by molar-refractivity contribution is 7.89. The van der Waals surface area contributed by atoms with Crippen LogP contribution in [0.15, 0.2) is 59.5 Å². The van der Waals surface area contributed by atoms with Gasteiger partial charge in [-0.3, -0.25) is 4.79 Å². The van der Waals surface area contributed by atoms with Gasteiger partial charge in [-0.2, -0.15) is 4.31 Å². The summed E-state index contributed by atoms with van der Waals surface area (Å²) in [5, 5.41) is 0. The van der Waals surface area contributed by atoms with Crippen LogP contribution >= 0.6 is 0 Å². The van der Waals surface area contributed by atoms with Crippen LogP contribution in [0.1, 0.15) is 16.7 Å². The molecule has 0 saturated carbocycles. The number of amides is 1. The van der Waals surface area contributed by atoms with E-state index in [9.17, 15) is 13.2 Å². The molecular formula is C21H24N2O3S. The second kappa shape index (κ2) is 8.06. The van der Waals surface area contributed by atoms with E-state index < -0.39 is 10.0 Å². The van der Waals surface area contributed by atoms with Crippen LogP contribution in [0.5, 0.6) is 0 Å². The molecule has 0 atom stereocenters. The van der Waals surface area contributed by atoms with E-state index in [1.54, 1.807) is 41.3 Å². The molecule has 1 amide bonds. The zero-order chi connectivity index (χ0) is 19.4. The monoisotopic (exact) mass is 384 g/mol. The molecule has 0 aromatic heterocycles. The molecule has 5 nitrogen and oxygen atoms in total. The number of hydrogen-bond acceptors (Lipinski definition) is 3. The molecular weight excluding hydrogens is 360 g/mol. The third kappa shape index (κ3) is 4.46. The van der Waals surface area contributed by atoms with Crippen LogP contribution in [0, 0.1) is 13.8 Å². The average molecular weight is 385 g/mol. The van der Waals surface area contributed by atoms with Gasteiger partial charge in [0.15, 0.2) is 0 Å². The minimum absolute atomic E-state index is 0.0910. The molecule has 0 aliphatic carbocycles. The molecule has 2 aromatic carbocycles. The number of rotatable bonds is 4. The fourth-order valence-electron chi connectivity index (χ4n) is 3.17. The van der Waals surface area contributed by atoms with Gasteiger partial charge in [0.25, 0.3) is 0 Å². The fourth-order valence-corrected chi connectivity index (χ4v) is 4.61. The number of carbonyl (C=O) groups is 1. The third-order valence-electron chi connectivity index (χ3n) is 4.76. The summed E-state index contributed by atoms with van der Waals surface area (Å²) in [6, 6.07) is 14.5. The van der Waals surface area contributed by atoms with Crippen LogP contribution in [-0.2, 0) is 14.8 Å². The number of hydrogen-bond donors (Lipinski definition) is 0. The standard InChI is InChI=1S/C21H24N2O3S/c1-17-8-9-19(18(2)16-17)10-11-21(24)22-12-14-23(15-13-22)27(25,26)20-6-4-3-5-7-20/h3-11,16H,12-15H2,1-2H3/b11-10+. The van der Waals surface area contributed by atoms with Gasteiger partial charge in [0, 0.05) is 32.3 Å². The number of carbonyl (C=O) groups excluding carboxylic acids is 1. The molecule has 0 radical (unpaired) electrons. The molecule has 0 bridgehead atoms. The number of piperazine rings is 1. The number of aryl methyl sites for hydroxylation is 2. The maximum Gasteiger partial charge on any atom is 0.246 e. The molecule has 1 aliphatic rings. The van der Waals surface area contributed by atoms with Crippen molar-refractivity contribution in [1.29, 1.82) is 0 Å². The van der Waals surface area contributed by atoms with E-state index in [4.69, 9.17) is 0 Å². The highest BCUT2D eigenvalue weighted by Gasteiger charge is 2.29. The van der Waals surface area contributed by atoms with Gasteiger partial charge in [0.05, 0.1) is 4.90 Å². The Balaban J connectivity index is 1.62. The van der Waals surface area contributed by atoms with Crippen molar-refractivity contribution in [1.82, 2.24) is 9.21 Å². The first-order valence-corrected chi connectivity index (χ1v) is 10.4. The SMILES string of the molecule is Cc1ccc(/C=C/C(=O)N2CCN(S(=O)(=O)c3ccccc3)CC2)c(C)c1. The van der Waals surface area contributed by atoms with E-state index >= 15 is 0 Å². The van der Waals surface area contributed by atoms with Crippen LogP contribution in [0.3, 0.4) is 0 Å². The third-order valence-corrected chi connectivity index (χ3v) is 6.67. The summed E-state index contributed by atoms with van der Waals surface area (Å²) in [6.45, 7) is 5.45. The van der Waals surface area contributed by atoms with Crippen molar-refractivity contribution in [3.05, 3.63) is 71.3 Å². The van der Waals surface area contributed by atoms with Gasteiger partial charge in [0.2, 0.25) is 15.9 Å². The summed E-state index contributed by atoms with van der Waals surface area (Å²) < 4.78 is 26.7. The van der Waals surface area contributed by atoms with Gasteiger partial charge >= 0.3 is 0 Å². The molecule has 27 heavy (non-hydrogen) atoms. The molecule has 1 saturated heterocycles. The van der Waals surface area contributed by atoms with Crippen molar-refractivity contribution >= 4 is 22.0 Å². The highest BCUT2D eigenvalue weighted by atomic mass is 32.2. The molecule has 3 rings (SSSR count). The Morgan fingerprint density at radius 1 is 0.963 bits per heavy atom. The van der Waals surface area contributed by atoms with Gasteiger partial charge in [-0.15, -0.1) is 0 Å². The summed E-state index contributed by atoms with van der Waals surface area (Å²) in [4.78, 5) is 14.4. The van der Waals surface area contributed by atoms with E-state index in [1.165, 1.54) is 9.87 Å². The van der Waals surface area contributed by atoms with Crippen molar-refractivity contribution in [2.75, 3.05) is 26.2 Å². The Labute approximate surface area is 161 Å². The summed E-state index contributed by atoms with van der Waals surface area (Å²) in [5.74, 6) is -0.0910. The number of nitrogens with zero attached hydrogens (tertiary/aromatic N) is 2. The van der Waals surface area contributed by atoms with E-state index in [2.05, 4.69) is 6.07 Å². The number of sulfonamides is 1. The molecule has 0 unspecified atom stereocenters. The lowest BCUT2D eigenvalue weighted by atomic mass is 10.1. The molecule has 6 heteroatoms. The largest absolute Gasteiger partial charge is 0.337 e. The first-order chi connectivity index (χ1) is 12.9. The predicted molar refractivity (Wildman–Crippen MR) is 107 cm³/mol. The normalized spacial score (nSPS) is 16.0. The van der Waals surface area contributed by atoms with Gasteiger partial charge in [0.1, 0.15) is 0 Å². The zero-order valence-electron chi connectivity index (χ0n) is 15.6. The topological polar surface area (TPSA) is 57.7 Å². The minimum atomic E-state index is -3.50. The Hall–Kier alpha value is -2.44. The van der Waals surface area contributed by atoms with Gasteiger partial charge in [-0.1, -0.05) is 42.0 Å². The van der Waals surface area contributed by atoms with Gasteiger partial charge in [-0.25, -0.2) is 8.42 Å². The maximum absolute atomic E-state index is 12.6. The van der Waals surface area contributed by atoms with Gasteiger partial charge in [-0.05, 0) is 43.2 Å². The summed E-state index contributed by atoms with van der Waals surface area (Å²) in [7, 11) is -3.50. The lowest BCUT2D eigenvalue weighted by molar-refractivity contribution is -0.127. The Bertz CT molecular complexity index is 945. The molecule has 1 fully saturated rings. The van der Waals surface area contributed by atoms with Crippen molar-refractivity contribution in [3.63, 3.8) is 0 Å². The molecule has 0 N–H and O–H groups in total. The molecule has 142 valence electrons. The number of benzene rings is 2. The van der Waals surface area contributed by atoms with E-state index in [0.717, 1.165) is 11.1 Å². The van der Waals surface area contributed by atoms with Crippen LogP contribution in [0.2, 0.25) is 0 Å². The van der Waals surface area contributed by atoms with Crippen LogP contribution in [0.4, 0.5) is 0 Å². The average Bonchev–Trinajstić information content (AvgIpc) is 2.68. The first kappa shape index (κ1) is 19.3. The first-order valence-electron chi connectivity index (χ1n) is 8.97. The van der Waals surface area contributed by atoms with Crippen LogP contribution in [0.25, 0.3) is 6.08 Å². The fraction of sp³-hybridized carbons (Fsp3) is 0.286. The summed E-state index contributed by atoms with van der Waals surface area (Å²) in [5.41, 5.74) is 3.32. The highest BCUT2D eigenvalue weighted by Crippen LogP contribution is 2.18. The van der Waals surface area contributed by atoms with E-state index in [0.29, 0.717) is 31.1 Å². The lowest BCUT2D eigenvalue weighted by Gasteiger charge is -2.33. The smallest absolute Gasteiger partial charge is 0.246 e. The maximum atomic E-state index is 12.6. The van der Waals surface area contributed by atoms with E-state index in [1.807, 2.05) is 32.1 Å². The predicted octanol–water partition coefficient (Wildman–Crippen LogP) is 2.85. The van der Waals surface area contributed by atoms with Gasteiger partial charge < -0.3 is 4.90 Å². The molecule has 2 aromatic rings. The quantitative estimate of drug-likeness (QED) is 0.762. The van der Waals surface area contributed by atoms with Crippen LogP contribution < -0.4 is 0 Å². The van der Waals surface area contributed by atoms with Crippen molar-refractivity contribution in [2.45, 2.75) is 18.7 Å². The van der Waals surface area contributed by atoms with Crippen molar-refractivity contribution < 1.29 is 13.2 Å². The second-order valence-corrected chi connectivity index (χ2v) is 8.67. The minimum Gasteiger partial charge on any atom is -0.337 e. The molecule has 1 heterocycles. The summed E-state index contributed by atoms with van der Waals surface area (Å²) in [6.07, 6.45) is 3.39. The summed E-state index contributed by atoms with van der Waals surface area (Å²) >= 11 is 0. The lowest BCUT2D eigenvalue weighted by Crippen LogP contribution is -2.50. The molecule has 0 spiro atoms. The second-order valence-electron chi connectivity index (χ2n) is 6.74. The van der Waals surface area contributed by atoms with Crippen molar-refractivity contribution in [3.8, 4) is 0 Å². The van der Waals surface area contributed by atoms with E-state index in [-0.39, 0.29) is 5.91 Å². The van der Waals surface area contributed by atoms with Crippen LogP contribution in [-0.4, -0.2) is 49.7 Å². The zero-order valence-corrected chi connectivity index (χ0v) is 16.4. The Morgan fingerprint density at radius 2 is 1.63 bits per heavy atom. The Morgan fingerprint density at radius 3 is 2.26 bits per heavy atom.